The second kappa shape index (κ2) is 6.20. The summed E-state index contributed by atoms with van der Waals surface area (Å²) < 4.78 is 2.11. The highest BCUT2D eigenvalue weighted by molar-refractivity contribution is 5.82. The molecule has 5 heteroatoms. The zero-order chi connectivity index (χ0) is 18.4. The number of rotatable bonds is 4. The van der Waals surface area contributed by atoms with Crippen molar-refractivity contribution in [2.45, 2.75) is 32.1 Å². The number of pyridine rings is 2. The molecule has 2 N–H and O–H groups in total. The molecule has 1 saturated carbocycles. The molecule has 0 amide bonds. The molecule has 0 spiro atoms. The molecule has 0 bridgehead atoms. The van der Waals surface area contributed by atoms with Crippen LogP contribution in [0, 0.1) is 0 Å². The van der Waals surface area contributed by atoms with Crippen LogP contribution in [0.1, 0.15) is 36.9 Å². The average molecular weight is 355 g/mol. The lowest BCUT2D eigenvalue weighted by molar-refractivity contribution is 1.01. The van der Waals surface area contributed by atoms with Crippen LogP contribution in [0.25, 0.3) is 28.2 Å². The molecule has 1 aliphatic rings. The van der Waals surface area contributed by atoms with Crippen LogP contribution in [0.2, 0.25) is 0 Å². The van der Waals surface area contributed by atoms with Crippen LogP contribution in [0.5, 0.6) is 0 Å². The zero-order valence-corrected chi connectivity index (χ0v) is 15.3. The topological polar surface area (TPSA) is 69.6 Å². The van der Waals surface area contributed by atoms with Gasteiger partial charge in [0.2, 0.25) is 0 Å². The van der Waals surface area contributed by atoms with Crippen LogP contribution in [-0.2, 0) is 6.42 Å². The number of nitrogen functional groups attached to an aromatic ring is 1. The first-order valence-electron chi connectivity index (χ1n) is 9.44. The highest BCUT2D eigenvalue weighted by Gasteiger charge is 2.26. The van der Waals surface area contributed by atoms with Gasteiger partial charge in [-0.05, 0) is 61.2 Å². The summed E-state index contributed by atoms with van der Waals surface area (Å²) in [6.07, 6.45) is 5.16. The number of imidazole rings is 1. The minimum absolute atomic E-state index is 0.474. The van der Waals surface area contributed by atoms with E-state index >= 15 is 0 Å². The molecule has 0 saturated heterocycles. The van der Waals surface area contributed by atoms with Crippen LogP contribution in [-0.4, -0.2) is 19.5 Å². The van der Waals surface area contributed by atoms with E-state index in [0.717, 1.165) is 40.4 Å². The fourth-order valence-corrected chi connectivity index (χ4v) is 3.49. The van der Waals surface area contributed by atoms with Gasteiger partial charge in [-0.1, -0.05) is 19.1 Å². The highest BCUT2D eigenvalue weighted by atomic mass is 15.1. The monoisotopic (exact) mass is 355 g/mol. The second-order valence-corrected chi connectivity index (χ2v) is 7.08. The van der Waals surface area contributed by atoms with E-state index in [9.17, 15) is 0 Å². The molecule has 5 rings (SSSR count). The van der Waals surface area contributed by atoms with Gasteiger partial charge in [0.05, 0.1) is 5.56 Å². The van der Waals surface area contributed by atoms with E-state index in [0.29, 0.717) is 11.7 Å². The lowest BCUT2D eigenvalue weighted by Crippen LogP contribution is -2.02. The molecular formula is C22H21N5. The number of hydrogen-bond donors (Lipinski definition) is 1. The quantitative estimate of drug-likeness (QED) is 0.585. The summed E-state index contributed by atoms with van der Waals surface area (Å²) in [7, 11) is 0. The molecular weight excluding hydrogens is 334 g/mol. The summed E-state index contributed by atoms with van der Waals surface area (Å²) in [4.78, 5) is 14.1. The highest BCUT2D eigenvalue weighted by Crippen LogP contribution is 2.40. The van der Waals surface area contributed by atoms with Crippen LogP contribution in [0.4, 0.5) is 5.82 Å². The summed E-state index contributed by atoms with van der Waals surface area (Å²) in [6.45, 7) is 2.16. The first-order valence-corrected chi connectivity index (χ1v) is 9.44. The second-order valence-electron chi connectivity index (χ2n) is 7.08. The maximum absolute atomic E-state index is 6.17. The maximum atomic E-state index is 6.17. The third-order valence-electron chi connectivity index (χ3n) is 5.20. The van der Waals surface area contributed by atoms with Gasteiger partial charge < -0.3 is 5.73 Å². The molecule has 134 valence electrons. The van der Waals surface area contributed by atoms with Gasteiger partial charge in [-0.15, -0.1) is 0 Å². The Hall–Kier alpha value is -3.21. The number of aryl methyl sites for hydroxylation is 1. The van der Waals surface area contributed by atoms with Gasteiger partial charge in [-0.3, -0.25) is 4.57 Å². The van der Waals surface area contributed by atoms with Crippen molar-refractivity contribution in [3.8, 4) is 17.1 Å². The minimum atomic E-state index is 0.474. The molecule has 1 aliphatic carbocycles. The normalized spacial score (nSPS) is 14.0. The van der Waals surface area contributed by atoms with Crippen molar-refractivity contribution in [3.05, 3.63) is 66.0 Å². The number of fused-ring (bicyclic) bond motifs is 1. The van der Waals surface area contributed by atoms with E-state index < -0.39 is 0 Å². The largest absolute Gasteiger partial charge is 0.383 e. The van der Waals surface area contributed by atoms with Crippen molar-refractivity contribution < 1.29 is 0 Å². The Bertz CT molecular complexity index is 1120. The number of benzene rings is 1. The number of aromatic nitrogens is 4. The molecule has 4 aromatic rings. The lowest BCUT2D eigenvalue weighted by Gasteiger charge is -2.11. The van der Waals surface area contributed by atoms with E-state index in [-0.39, 0.29) is 0 Å². The Morgan fingerprint density at radius 3 is 2.56 bits per heavy atom. The third-order valence-corrected chi connectivity index (χ3v) is 5.20. The summed E-state index contributed by atoms with van der Waals surface area (Å²) >= 11 is 0. The van der Waals surface area contributed by atoms with Gasteiger partial charge >= 0.3 is 0 Å². The molecule has 3 heterocycles. The lowest BCUT2D eigenvalue weighted by atomic mass is 10.1. The number of nitrogens with two attached hydrogens (primary N) is 1. The van der Waals surface area contributed by atoms with Crippen LogP contribution >= 0.6 is 0 Å². The van der Waals surface area contributed by atoms with Gasteiger partial charge in [0.1, 0.15) is 11.3 Å². The molecule has 0 radical (unpaired) electrons. The predicted octanol–water partition coefficient (Wildman–Crippen LogP) is 4.50. The Kier molecular flexibility index (Phi) is 3.67. The van der Waals surface area contributed by atoms with Gasteiger partial charge in [-0.25, -0.2) is 15.0 Å². The number of hydrogen-bond acceptors (Lipinski definition) is 4. The first-order chi connectivity index (χ1) is 13.2. The summed E-state index contributed by atoms with van der Waals surface area (Å²) in [6, 6.07) is 16.6. The Balaban J connectivity index is 1.78. The Morgan fingerprint density at radius 2 is 1.85 bits per heavy atom. The SMILES string of the molecule is CCc1ccc(-n2c(-c3cccnc3N)nc3ccc(C4CC4)nc32)cc1. The minimum Gasteiger partial charge on any atom is -0.383 e. The number of nitrogens with zero attached hydrogens (tertiary/aromatic N) is 4. The standard InChI is InChI=1S/C22H21N5/c1-2-14-5-9-16(10-6-14)27-21(17-4-3-13-24-20(17)23)26-19-12-11-18(15-7-8-15)25-22(19)27/h3-6,9-13,15H,2,7-8H2,1H3,(H2,23,24). The Morgan fingerprint density at radius 1 is 1.04 bits per heavy atom. The van der Waals surface area contributed by atoms with E-state index in [2.05, 4.69) is 52.9 Å². The summed E-state index contributed by atoms with van der Waals surface area (Å²) in [5, 5.41) is 0. The smallest absolute Gasteiger partial charge is 0.165 e. The molecule has 1 aromatic carbocycles. The van der Waals surface area contributed by atoms with E-state index in [1.807, 2.05) is 12.1 Å². The van der Waals surface area contributed by atoms with Crippen molar-refractivity contribution in [2.75, 3.05) is 5.73 Å². The molecule has 27 heavy (non-hydrogen) atoms. The van der Waals surface area contributed by atoms with E-state index in [1.54, 1.807) is 6.20 Å². The van der Waals surface area contributed by atoms with Crippen molar-refractivity contribution >= 4 is 17.0 Å². The van der Waals surface area contributed by atoms with Gasteiger partial charge in [0, 0.05) is 23.5 Å². The van der Waals surface area contributed by atoms with Crippen LogP contribution < -0.4 is 5.73 Å². The third kappa shape index (κ3) is 2.76. The Labute approximate surface area is 157 Å². The fourth-order valence-electron chi connectivity index (χ4n) is 3.49. The predicted molar refractivity (Wildman–Crippen MR) is 108 cm³/mol. The number of anilines is 1. The van der Waals surface area contributed by atoms with E-state index in [1.165, 1.54) is 18.4 Å². The molecule has 0 aliphatic heterocycles. The fraction of sp³-hybridized carbons (Fsp3) is 0.227. The zero-order valence-electron chi connectivity index (χ0n) is 15.3. The van der Waals surface area contributed by atoms with Gasteiger partial charge in [0.25, 0.3) is 0 Å². The first kappa shape index (κ1) is 16.0. The van der Waals surface area contributed by atoms with Gasteiger partial charge in [-0.2, -0.15) is 0 Å². The maximum Gasteiger partial charge on any atom is 0.165 e. The van der Waals surface area contributed by atoms with Crippen molar-refractivity contribution in [1.82, 2.24) is 19.5 Å². The van der Waals surface area contributed by atoms with Gasteiger partial charge in [0.15, 0.2) is 11.5 Å². The molecule has 1 fully saturated rings. The van der Waals surface area contributed by atoms with Crippen molar-refractivity contribution in [1.29, 1.82) is 0 Å². The van der Waals surface area contributed by atoms with Crippen molar-refractivity contribution in [2.24, 2.45) is 0 Å². The summed E-state index contributed by atoms with van der Waals surface area (Å²) in [5.74, 6) is 1.84. The van der Waals surface area contributed by atoms with Crippen LogP contribution in [0.15, 0.2) is 54.7 Å². The summed E-state index contributed by atoms with van der Waals surface area (Å²) in [5.41, 5.74) is 12.2. The van der Waals surface area contributed by atoms with Crippen molar-refractivity contribution in [3.63, 3.8) is 0 Å². The molecule has 5 nitrogen and oxygen atoms in total. The average Bonchev–Trinajstić information content (AvgIpc) is 3.49. The molecule has 0 atom stereocenters. The molecule has 3 aromatic heterocycles. The van der Waals surface area contributed by atoms with E-state index in [4.69, 9.17) is 15.7 Å². The van der Waals surface area contributed by atoms with Crippen LogP contribution in [0.3, 0.4) is 0 Å². The molecule has 0 unspecified atom stereocenters.